The summed E-state index contributed by atoms with van der Waals surface area (Å²) in [5.74, 6) is 0.789. The molecule has 0 aliphatic heterocycles. The topological polar surface area (TPSA) is 73.8 Å². The second kappa shape index (κ2) is 11.9. The number of nitrogens with zero attached hydrogens (tertiary/aromatic N) is 2. The highest BCUT2D eigenvalue weighted by atomic mass is 127. The molecule has 27 heavy (non-hydrogen) atoms. The molecule has 1 aromatic rings. The SMILES string of the molecule is CCCCN(C)C(=NCc1ccccc1S(=O)(=O)NC(C)(C)C)NCC.I. The average Bonchev–Trinajstić information content (AvgIpc) is 2.54. The standard InChI is InChI=1S/C19H34N4O2S.HI/c1-7-9-14-23(6)18(20-8-2)21-15-16-12-10-11-13-17(16)26(24,25)22-19(3,4)5;/h10-13,22H,7-9,14-15H2,1-6H3,(H,20,21);1H. The van der Waals surface area contributed by atoms with Crippen LogP contribution < -0.4 is 10.0 Å². The van der Waals surface area contributed by atoms with Gasteiger partial charge in [-0.1, -0.05) is 31.5 Å². The van der Waals surface area contributed by atoms with E-state index in [4.69, 9.17) is 0 Å². The Morgan fingerprint density at radius 1 is 1.19 bits per heavy atom. The molecule has 1 aromatic carbocycles. The van der Waals surface area contributed by atoms with Gasteiger partial charge in [0.25, 0.3) is 0 Å². The highest BCUT2D eigenvalue weighted by Crippen LogP contribution is 2.18. The fraction of sp³-hybridized carbons (Fsp3) is 0.632. The summed E-state index contributed by atoms with van der Waals surface area (Å²) < 4.78 is 28.2. The van der Waals surface area contributed by atoms with E-state index in [0.717, 1.165) is 31.9 Å². The number of rotatable bonds is 8. The number of benzene rings is 1. The summed E-state index contributed by atoms with van der Waals surface area (Å²) in [7, 11) is -1.60. The molecule has 0 aliphatic carbocycles. The first-order valence-corrected chi connectivity index (χ1v) is 10.7. The number of unbranched alkanes of at least 4 members (excludes halogenated alkanes) is 1. The summed E-state index contributed by atoms with van der Waals surface area (Å²) in [4.78, 5) is 7.01. The Morgan fingerprint density at radius 3 is 2.37 bits per heavy atom. The van der Waals surface area contributed by atoms with E-state index >= 15 is 0 Å². The smallest absolute Gasteiger partial charge is 0.241 e. The predicted molar refractivity (Wildman–Crippen MR) is 124 cm³/mol. The lowest BCUT2D eigenvalue weighted by Crippen LogP contribution is -2.41. The van der Waals surface area contributed by atoms with Crippen molar-refractivity contribution >= 4 is 40.0 Å². The molecule has 0 spiro atoms. The van der Waals surface area contributed by atoms with Gasteiger partial charge in [0.05, 0.1) is 11.4 Å². The number of sulfonamides is 1. The lowest BCUT2D eigenvalue weighted by atomic mass is 10.1. The Labute approximate surface area is 182 Å². The zero-order valence-corrected chi connectivity index (χ0v) is 20.5. The third-order valence-electron chi connectivity index (χ3n) is 3.65. The molecule has 0 aliphatic rings. The molecule has 2 N–H and O–H groups in total. The van der Waals surface area contributed by atoms with Gasteiger partial charge in [0, 0.05) is 25.7 Å². The van der Waals surface area contributed by atoms with Gasteiger partial charge in [-0.15, -0.1) is 24.0 Å². The number of nitrogens with one attached hydrogen (secondary N) is 2. The molecule has 156 valence electrons. The second-order valence-electron chi connectivity index (χ2n) is 7.41. The number of aliphatic imine (C=N–C) groups is 1. The van der Waals surface area contributed by atoms with Crippen molar-refractivity contribution in [1.29, 1.82) is 0 Å². The molecular weight excluding hydrogens is 475 g/mol. The van der Waals surface area contributed by atoms with Crippen LogP contribution in [-0.2, 0) is 16.6 Å². The fourth-order valence-corrected chi connectivity index (χ4v) is 4.14. The van der Waals surface area contributed by atoms with Gasteiger partial charge in [-0.3, -0.25) is 0 Å². The van der Waals surface area contributed by atoms with Crippen LogP contribution in [-0.4, -0.2) is 45.0 Å². The molecule has 0 fully saturated rings. The van der Waals surface area contributed by atoms with Crippen LogP contribution in [0.1, 0.15) is 53.0 Å². The van der Waals surface area contributed by atoms with E-state index in [1.165, 1.54) is 0 Å². The Bertz CT molecular complexity index is 700. The summed E-state index contributed by atoms with van der Waals surface area (Å²) >= 11 is 0. The van der Waals surface area contributed by atoms with Gasteiger partial charge in [0.15, 0.2) is 5.96 Å². The van der Waals surface area contributed by atoms with Crippen molar-refractivity contribution in [3.05, 3.63) is 29.8 Å². The van der Waals surface area contributed by atoms with Crippen LogP contribution in [0.2, 0.25) is 0 Å². The van der Waals surface area contributed by atoms with E-state index in [2.05, 4.69) is 26.9 Å². The first-order chi connectivity index (χ1) is 12.1. The molecule has 0 unspecified atom stereocenters. The Kier molecular flexibility index (Phi) is 11.5. The van der Waals surface area contributed by atoms with Crippen molar-refractivity contribution in [3.63, 3.8) is 0 Å². The molecule has 0 aromatic heterocycles. The lowest BCUT2D eigenvalue weighted by molar-refractivity contribution is 0.464. The van der Waals surface area contributed by atoms with Crippen molar-refractivity contribution in [2.24, 2.45) is 4.99 Å². The van der Waals surface area contributed by atoms with Crippen LogP contribution in [0, 0.1) is 0 Å². The Hall–Kier alpha value is -0.870. The molecule has 0 saturated carbocycles. The first-order valence-electron chi connectivity index (χ1n) is 9.22. The zero-order chi connectivity index (χ0) is 19.8. The number of halogens is 1. The van der Waals surface area contributed by atoms with Gasteiger partial charge in [0.2, 0.25) is 10.0 Å². The predicted octanol–water partition coefficient (Wildman–Crippen LogP) is 3.58. The highest BCUT2D eigenvalue weighted by molar-refractivity contribution is 14.0. The maximum Gasteiger partial charge on any atom is 0.241 e. The van der Waals surface area contributed by atoms with Crippen LogP contribution in [0.15, 0.2) is 34.2 Å². The monoisotopic (exact) mass is 510 g/mol. The third-order valence-corrected chi connectivity index (χ3v) is 5.50. The van der Waals surface area contributed by atoms with Crippen LogP contribution in [0.5, 0.6) is 0 Å². The van der Waals surface area contributed by atoms with Gasteiger partial charge >= 0.3 is 0 Å². The van der Waals surface area contributed by atoms with Gasteiger partial charge in [-0.2, -0.15) is 0 Å². The van der Waals surface area contributed by atoms with E-state index in [9.17, 15) is 8.42 Å². The number of hydrogen-bond donors (Lipinski definition) is 2. The van der Waals surface area contributed by atoms with Crippen LogP contribution in [0.25, 0.3) is 0 Å². The molecule has 0 radical (unpaired) electrons. The first kappa shape index (κ1) is 26.1. The zero-order valence-electron chi connectivity index (χ0n) is 17.4. The van der Waals surface area contributed by atoms with Crippen LogP contribution in [0.3, 0.4) is 0 Å². The van der Waals surface area contributed by atoms with Crippen molar-refractivity contribution in [1.82, 2.24) is 14.9 Å². The van der Waals surface area contributed by atoms with E-state index in [1.54, 1.807) is 12.1 Å². The largest absolute Gasteiger partial charge is 0.357 e. The Morgan fingerprint density at radius 2 is 1.81 bits per heavy atom. The summed E-state index contributed by atoms with van der Waals surface area (Å²) in [5.41, 5.74) is 0.147. The van der Waals surface area contributed by atoms with Gasteiger partial charge in [-0.25, -0.2) is 18.1 Å². The molecule has 0 heterocycles. The van der Waals surface area contributed by atoms with E-state index in [-0.39, 0.29) is 28.9 Å². The fourth-order valence-electron chi connectivity index (χ4n) is 2.49. The minimum atomic E-state index is -3.60. The molecule has 6 nitrogen and oxygen atoms in total. The normalized spacial score (nSPS) is 12.4. The van der Waals surface area contributed by atoms with Crippen molar-refractivity contribution in [2.75, 3.05) is 20.1 Å². The van der Waals surface area contributed by atoms with E-state index in [1.807, 2.05) is 46.9 Å². The molecule has 0 amide bonds. The molecular formula is C19H35IN4O2S. The maximum atomic E-state index is 12.7. The summed E-state index contributed by atoms with van der Waals surface area (Å²) in [6, 6.07) is 7.03. The van der Waals surface area contributed by atoms with E-state index < -0.39 is 15.6 Å². The molecule has 0 saturated heterocycles. The van der Waals surface area contributed by atoms with E-state index in [0.29, 0.717) is 12.1 Å². The van der Waals surface area contributed by atoms with Crippen molar-refractivity contribution in [3.8, 4) is 0 Å². The molecule has 0 atom stereocenters. The van der Waals surface area contributed by atoms with Gasteiger partial charge in [-0.05, 0) is 45.7 Å². The second-order valence-corrected chi connectivity index (χ2v) is 9.06. The Balaban J connectivity index is 0.00000676. The summed E-state index contributed by atoms with van der Waals surface area (Å²) in [6.45, 7) is 11.6. The average molecular weight is 510 g/mol. The van der Waals surface area contributed by atoms with Gasteiger partial charge < -0.3 is 10.2 Å². The lowest BCUT2D eigenvalue weighted by Gasteiger charge is -2.23. The van der Waals surface area contributed by atoms with Crippen molar-refractivity contribution < 1.29 is 8.42 Å². The summed E-state index contributed by atoms with van der Waals surface area (Å²) in [6.07, 6.45) is 2.20. The summed E-state index contributed by atoms with van der Waals surface area (Å²) in [5, 5.41) is 3.27. The minimum Gasteiger partial charge on any atom is -0.357 e. The molecule has 0 bridgehead atoms. The molecule has 8 heteroatoms. The number of hydrogen-bond acceptors (Lipinski definition) is 3. The number of guanidine groups is 1. The van der Waals surface area contributed by atoms with Crippen LogP contribution in [0.4, 0.5) is 0 Å². The third kappa shape index (κ3) is 9.25. The highest BCUT2D eigenvalue weighted by Gasteiger charge is 2.24. The minimum absolute atomic E-state index is 0. The van der Waals surface area contributed by atoms with Gasteiger partial charge in [0.1, 0.15) is 0 Å². The quantitative estimate of drug-likeness (QED) is 0.319. The maximum absolute atomic E-state index is 12.7. The van der Waals surface area contributed by atoms with Crippen molar-refractivity contribution in [2.45, 2.75) is 64.4 Å². The van der Waals surface area contributed by atoms with Crippen LogP contribution >= 0.6 is 24.0 Å². The molecule has 1 rings (SSSR count).